The predicted molar refractivity (Wildman–Crippen MR) is 73.2 cm³/mol. The molecular formula is C14H23NO4. The molecule has 0 bridgehead atoms. The summed E-state index contributed by atoms with van der Waals surface area (Å²) < 4.78 is 5.48. The van der Waals surface area contributed by atoms with Gasteiger partial charge < -0.3 is 20.1 Å². The van der Waals surface area contributed by atoms with Crippen molar-refractivity contribution < 1.29 is 20.1 Å². The summed E-state index contributed by atoms with van der Waals surface area (Å²) in [6.07, 6.45) is -0.708. The van der Waals surface area contributed by atoms with Crippen molar-refractivity contribution in [3.8, 4) is 5.75 Å². The Hall–Kier alpha value is -1.14. The van der Waals surface area contributed by atoms with E-state index in [1.54, 1.807) is 0 Å². The van der Waals surface area contributed by atoms with Crippen LogP contribution in [-0.4, -0.2) is 59.7 Å². The molecule has 19 heavy (non-hydrogen) atoms. The van der Waals surface area contributed by atoms with Crippen molar-refractivity contribution in [2.45, 2.75) is 13.0 Å². The number of rotatable bonds is 9. The van der Waals surface area contributed by atoms with Gasteiger partial charge >= 0.3 is 0 Å². The van der Waals surface area contributed by atoms with Crippen molar-refractivity contribution in [2.75, 3.05) is 39.5 Å². The second kappa shape index (κ2) is 8.87. The minimum atomic E-state index is -0.708. The van der Waals surface area contributed by atoms with E-state index in [0.717, 1.165) is 5.56 Å². The van der Waals surface area contributed by atoms with Crippen LogP contribution in [0.25, 0.3) is 0 Å². The van der Waals surface area contributed by atoms with Crippen LogP contribution >= 0.6 is 0 Å². The average Bonchev–Trinajstić information content (AvgIpc) is 2.40. The largest absolute Gasteiger partial charge is 0.493 e. The molecule has 0 aromatic heterocycles. The quantitative estimate of drug-likeness (QED) is 0.605. The Morgan fingerprint density at radius 2 is 1.79 bits per heavy atom. The zero-order valence-electron chi connectivity index (χ0n) is 11.3. The maximum atomic E-state index is 10.3. The number of aliphatic hydroxyl groups excluding tert-OH is 3. The predicted octanol–water partition coefficient (Wildman–Crippen LogP) is 0.405. The second-order valence-electron chi connectivity index (χ2n) is 4.23. The Bertz CT molecular complexity index is 353. The highest BCUT2D eigenvalue weighted by Crippen LogP contribution is 2.25. The maximum Gasteiger partial charge on any atom is 0.125 e. The van der Waals surface area contributed by atoms with Crippen LogP contribution in [0.15, 0.2) is 24.3 Å². The summed E-state index contributed by atoms with van der Waals surface area (Å²) >= 11 is 0. The minimum Gasteiger partial charge on any atom is -0.493 e. The van der Waals surface area contributed by atoms with Crippen molar-refractivity contribution in [3.05, 3.63) is 29.8 Å². The number of benzene rings is 1. The third-order valence-corrected chi connectivity index (χ3v) is 2.84. The van der Waals surface area contributed by atoms with Crippen molar-refractivity contribution in [1.82, 2.24) is 4.90 Å². The lowest BCUT2D eigenvalue weighted by molar-refractivity contribution is 0.0856. The number of hydrogen-bond acceptors (Lipinski definition) is 5. The Labute approximate surface area is 114 Å². The van der Waals surface area contributed by atoms with E-state index in [2.05, 4.69) is 0 Å². The fourth-order valence-electron chi connectivity index (χ4n) is 1.96. The normalized spacial score (nSPS) is 12.7. The van der Waals surface area contributed by atoms with Gasteiger partial charge in [0, 0.05) is 25.2 Å². The zero-order chi connectivity index (χ0) is 14.1. The molecule has 1 rings (SSSR count). The van der Waals surface area contributed by atoms with Gasteiger partial charge in [-0.1, -0.05) is 18.2 Å². The third-order valence-electron chi connectivity index (χ3n) is 2.84. The Balaban J connectivity index is 2.72. The highest BCUT2D eigenvalue weighted by atomic mass is 16.5. The van der Waals surface area contributed by atoms with Crippen molar-refractivity contribution >= 4 is 0 Å². The number of hydrogen-bond donors (Lipinski definition) is 3. The summed E-state index contributed by atoms with van der Waals surface area (Å²) in [7, 11) is 0. The van der Waals surface area contributed by atoms with E-state index in [-0.39, 0.29) is 13.2 Å². The van der Waals surface area contributed by atoms with Crippen LogP contribution in [-0.2, 0) is 0 Å². The van der Waals surface area contributed by atoms with Crippen molar-refractivity contribution in [2.24, 2.45) is 0 Å². The highest BCUT2D eigenvalue weighted by Gasteiger charge is 2.16. The van der Waals surface area contributed by atoms with Gasteiger partial charge in [0.15, 0.2) is 0 Å². The number of ether oxygens (including phenoxy) is 1. The van der Waals surface area contributed by atoms with Gasteiger partial charge in [0.05, 0.1) is 25.9 Å². The molecule has 0 amide bonds. The third kappa shape index (κ3) is 5.16. The molecule has 5 nitrogen and oxygen atoms in total. The van der Waals surface area contributed by atoms with E-state index in [1.165, 1.54) is 0 Å². The van der Waals surface area contributed by atoms with E-state index >= 15 is 0 Å². The number of para-hydroxylation sites is 1. The summed E-state index contributed by atoms with van der Waals surface area (Å²) in [5, 5.41) is 28.2. The standard InChI is InChI=1S/C14H23NO4/c1-2-19-14-6-4-3-5-12(14)13(18)11-15(7-9-16)8-10-17/h3-6,13,16-18H,2,7-11H2,1H3. The molecule has 0 saturated heterocycles. The van der Waals surface area contributed by atoms with E-state index in [9.17, 15) is 5.11 Å². The van der Waals surface area contributed by atoms with Crippen LogP contribution in [0.5, 0.6) is 5.75 Å². The summed E-state index contributed by atoms with van der Waals surface area (Å²) in [5.41, 5.74) is 0.727. The lowest BCUT2D eigenvalue weighted by atomic mass is 10.1. The average molecular weight is 269 g/mol. The molecule has 108 valence electrons. The van der Waals surface area contributed by atoms with Gasteiger partial charge in [0.1, 0.15) is 5.75 Å². The molecule has 0 aliphatic carbocycles. The molecule has 0 fully saturated rings. The molecule has 0 spiro atoms. The molecule has 1 aromatic carbocycles. The first-order valence-corrected chi connectivity index (χ1v) is 6.56. The van der Waals surface area contributed by atoms with Gasteiger partial charge in [-0.15, -0.1) is 0 Å². The molecule has 1 unspecified atom stereocenters. The molecule has 1 atom stereocenters. The first-order chi connectivity index (χ1) is 9.22. The van der Waals surface area contributed by atoms with Crippen LogP contribution in [0.1, 0.15) is 18.6 Å². The van der Waals surface area contributed by atoms with Crippen molar-refractivity contribution in [3.63, 3.8) is 0 Å². The molecular weight excluding hydrogens is 246 g/mol. The summed E-state index contributed by atoms with van der Waals surface area (Å²) in [6.45, 7) is 3.64. The van der Waals surface area contributed by atoms with Gasteiger partial charge in [0.25, 0.3) is 0 Å². The Kier molecular flexibility index (Phi) is 7.43. The van der Waals surface area contributed by atoms with Crippen LogP contribution in [0.3, 0.4) is 0 Å². The fraction of sp³-hybridized carbons (Fsp3) is 0.571. The van der Waals surface area contributed by atoms with Gasteiger partial charge in [-0.2, -0.15) is 0 Å². The monoisotopic (exact) mass is 269 g/mol. The fourth-order valence-corrected chi connectivity index (χ4v) is 1.96. The van der Waals surface area contributed by atoms with E-state index in [0.29, 0.717) is 32.0 Å². The van der Waals surface area contributed by atoms with Crippen LogP contribution < -0.4 is 4.74 Å². The Morgan fingerprint density at radius 3 is 2.37 bits per heavy atom. The Morgan fingerprint density at radius 1 is 1.16 bits per heavy atom. The molecule has 3 N–H and O–H groups in total. The molecule has 0 aliphatic rings. The van der Waals surface area contributed by atoms with E-state index in [1.807, 2.05) is 36.1 Å². The SMILES string of the molecule is CCOc1ccccc1C(O)CN(CCO)CCO. The highest BCUT2D eigenvalue weighted by molar-refractivity contribution is 5.35. The summed E-state index contributed by atoms with van der Waals surface area (Å²) in [6, 6.07) is 7.36. The zero-order valence-corrected chi connectivity index (χ0v) is 11.3. The minimum absolute atomic E-state index is 0.000172. The van der Waals surface area contributed by atoms with Gasteiger partial charge in [-0.05, 0) is 13.0 Å². The molecule has 0 saturated carbocycles. The second-order valence-corrected chi connectivity index (χ2v) is 4.23. The van der Waals surface area contributed by atoms with Gasteiger partial charge in [-0.25, -0.2) is 0 Å². The summed E-state index contributed by atoms with van der Waals surface area (Å²) in [5.74, 6) is 0.672. The first kappa shape index (κ1) is 15.9. The maximum absolute atomic E-state index is 10.3. The molecule has 0 radical (unpaired) electrons. The number of aliphatic hydroxyl groups is 3. The van der Waals surface area contributed by atoms with Gasteiger partial charge in [0.2, 0.25) is 0 Å². The topological polar surface area (TPSA) is 73.2 Å². The molecule has 5 heteroatoms. The van der Waals surface area contributed by atoms with E-state index < -0.39 is 6.10 Å². The number of nitrogens with zero attached hydrogens (tertiary/aromatic N) is 1. The molecule has 1 aromatic rings. The van der Waals surface area contributed by atoms with E-state index in [4.69, 9.17) is 14.9 Å². The first-order valence-electron chi connectivity index (χ1n) is 6.56. The lowest BCUT2D eigenvalue weighted by Crippen LogP contribution is -2.33. The molecule has 0 aliphatic heterocycles. The van der Waals surface area contributed by atoms with Crippen molar-refractivity contribution in [1.29, 1.82) is 0 Å². The smallest absolute Gasteiger partial charge is 0.125 e. The van der Waals surface area contributed by atoms with Crippen LogP contribution in [0, 0.1) is 0 Å². The van der Waals surface area contributed by atoms with Crippen LogP contribution in [0.4, 0.5) is 0 Å². The lowest BCUT2D eigenvalue weighted by Gasteiger charge is -2.24. The summed E-state index contributed by atoms with van der Waals surface area (Å²) in [4.78, 5) is 1.81. The van der Waals surface area contributed by atoms with Crippen LogP contribution in [0.2, 0.25) is 0 Å². The van der Waals surface area contributed by atoms with Gasteiger partial charge in [-0.3, -0.25) is 4.90 Å². The molecule has 0 heterocycles.